The lowest BCUT2D eigenvalue weighted by molar-refractivity contribution is 0.322. The maximum absolute atomic E-state index is 5.36. The molecule has 1 atom stereocenters. The number of aryl methyl sites for hydroxylation is 1. The number of nitrogens with zero attached hydrogens (tertiary/aromatic N) is 3. The number of aromatic nitrogens is 3. The van der Waals surface area contributed by atoms with Gasteiger partial charge >= 0.3 is 0 Å². The third-order valence-corrected chi connectivity index (χ3v) is 3.21. The first kappa shape index (κ1) is 11.3. The van der Waals surface area contributed by atoms with E-state index < -0.39 is 0 Å². The van der Waals surface area contributed by atoms with E-state index in [-0.39, 0.29) is 0 Å². The molecule has 1 fully saturated rings. The molecule has 2 aromatic heterocycles. The predicted molar refractivity (Wildman–Crippen MR) is 67.1 cm³/mol. The average Bonchev–Trinajstić information content (AvgIpc) is 2.89. The van der Waals surface area contributed by atoms with Crippen LogP contribution in [0.2, 0.25) is 0 Å². The van der Waals surface area contributed by atoms with Crippen molar-refractivity contribution < 1.29 is 4.52 Å². The third-order valence-electron chi connectivity index (χ3n) is 3.21. The maximum Gasteiger partial charge on any atom is 0.231 e. The highest BCUT2D eigenvalue weighted by Gasteiger charge is 2.21. The van der Waals surface area contributed by atoms with E-state index in [1.165, 1.54) is 0 Å². The molecule has 0 aromatic carbocycles. The van der Waals surface area contributed by atoms with Crippen LogP contribution in [-0.4, -0.2) is 28.2 Å². The Balaban J connectivity index is 1.84. The van der Waals surface area contributed by atoms with E-state index in [0.29, 0.717) is 11.7 Å². The number of rotatable bonds is 2. The predicted octanol–water partition coefficient (Wildman–Crippen LogP) is 1.91. The fourth-order valence-corrected chi connectivity index (χ4v) is 2.24. The van der Waals surface area contributed by atoms with Gasteiger partial charge in [0.05, 0.1) is 5.92 Å². The lowest BCUT2D eigenvalue weighted by atomic mass is 10.00. The molecule has 0 amide bonds. The summed E-state index contributed by atoms with van der Waals surface area (Å²) in [5.41, 5.74) is 1.73. The second-order valence-electron chi connectivity index (χ2n) is 4.66. The van der Waals surface area contributed by atoms with E-state index in [1.807, 2.05) is 25.1 Å². The number of hydrogen-bond acceptors (Lipinski definition) is 5. The fourth-order valence-electron chi connectivity index (χ4n) is 2.24. The standard InChI is InChI=1S/C13H16N4O/c1-9-4-2-6-11(15-9)12-16-13(18-17-12)10-5-3-7-14-8-10/h2,4,6,10,14H,3,5,7-8H2,1H3/t10-/m1/s1. The highest BCUT2D eigenvalue weighted by atomic mass is 16.5. The van der Waals surface area contributed by atoms with Gasteiger partial charge in [-0.3, -0.25) is 0 Å². The number of piperidine rings is 1. The van der Waals surface area contributed by atoms with E-state index >= 15 is 0 Å². The summed E-state index contributed by atoms with van der Waals surface area (Å²) in [5.74, 6) is 1.64. The molecule has 94 valence electrons. The quantitative estimate of drug-likeness (QED) is 0.874. The first-order valence-corrected chi connectivity index (χ1v) is 6.31. The van der Waals surface area contributed by atoms with Crippen LogP contribution >= 0.6 is 0 Å². The Hall–Kier alpha value is -1.75. The molecular weight excluding hydrogens is 228 g/mol. The first-order chi connectivity index (χ1) is 8.83. The summed E-state index contributed by atoms with van der Waals surface area (Å²) in [6.45, 7) is 3.95. The minimum absolute atomic E-state index is 0.338. The van der Waals surface area contributed by atoms with E-state index in [1.54, 1.807) is 0 Å². The van der Waals surface area contributed by atoms with Crippen LogP contribution in [0.1, 0.15) is 30.3 Å². The molecule has 1 saturated heterocycles. The Labute approximate surface area is 106 Å². The van der Waals surface area contributed by atoms with Crippen molar-refractivity contribution in [2.24, 2.45) is 0 Å². The second kappa shape index (κ2) is 4.86. The SMILES string of the molecule is Cc1cccc(-c2noc([C@@H]3CCCNC3)n2)n1. The van der Waals surface area contributed by atoms with Gasteiger partial charge in [0.25, 0.3) is 0 Å². The molecule has 3 heterocycles. The third kappa shape index (κ3) is 2.26. The Kier molecular flexibility index (Phi) is 3.06. The summed E-state index contributed by atoms with van der Waals surface area (Å²) in [6, 6.07) is 5.81. The number of nitrogens with one attached hydrogen (secondary N) is 1. The van der Waals surface area contributed by atoms with Crippen molar-refractivity contribution in [1.29, 1.82) is 0 Å². The smallest absolute Gasteiger partial charge is 0.231 e. The summed E-state index contributed by atoms with van der Waals surface area (Å²) in [7, 11) is 0. The molecular formula is C13H16N4O. The Morgan fingerprint density at radius 2 is 2.28 bits per heavy atom. The normalized spacial score (nSPS) is 19.9. The molecule has 2 aromatic rings. The molecule has 0 saturated carbocycles. The summed E-state index contributed by atoms with van der Waals surface area (Å²) in [6.07, 6.45) is 2.26. The monoisotopic (exact) mass is 244 g/mol. The van der Waals surface area contributed by atoms with Crippen LogP contribution in [0.4, 0.5) is 0 Å². The van der Waals surface area contributed by atoms with Crippen molar-refractivity contribution in [1.82, 2.24) is 20.4 Å². The summed E-state index contributed by atoms with van der Waals surface area (Å²) < 4.78 is 5.36. The van der Waals surface area contributed by atoms with Crippen LogP contribution in [0.15, 0.2) is 22.7 Å². The van der Waals surface area contributed by atoms with Gasteiger partial charge in [-0.25, -0.2) is 4.98 Å². The van der Waals surface area contributed by atoms with E-state index in [0.717, 1.165) is 43.2 Å². The topological polar surface area (TPSA) is 63.8 Å². The Bertz CT molecular complexity index is 531. The van der Waals surface area contributed by atoms with Gasteiger partial charge < -0.3 is 9.84 Å². The lowest BCUT2D eigenvalue weighted by Gasteiger charge is -2.18. The zero-order valence-electron chi connectivity index (χ0n) is 10.4. The van der Waals surface area contributed by atoms with Gasteiger partial charge in [-0.2, -0.15) is 4.98 Å². The number of hydrogen-bond donors (Lipinski definition) is 1. The van der Waals surface area contributed by atoms with Gasteiger partial charge in [0, 0.05) is 12.2 Å². The van der Waals surface area contributed by atoms with Gasteiger partial charge in [0.1, 0.15) is 5.69 Å². The zero-order chi connectivity index (χ0) is 12.4. The van der Waals surface area contributed by atoms with Crippen molar-refractivity contribution in [3.63, 3.8) is 0 Å². The molecule has 1 aliphatic rings. The molecule has 0 radical (unpaired) electrons. The molecule has 1 N–H and O–H groups in total. The molecule has 0 aliphatic carbocycles. The molecule has 5 nitrogen and oxygen atoms in total. The minimum atomic E-state index is 0.338. The van der Waals surface area contributed by atoms with Gasteiger partial charge in [0.2, 0.25) is 11.7 Å². The molecule has 5 heteroatoms. The van der Waals surface area contributed by atoms with Crippen molar-refractivity contribution in [3.8, 4) is 11.5 Å². The van der Waals surface area contributed by atoms with Gasteiger partial charge in [-0.15, -0.1) is 0 Å². The van der Waals surface area contributed by atoms with Gasteiger partial charge in [0.15, 0.2) is 0 Å². The lowest BCUT2D eigenvalue weighted by Crippen LogP contribution is -2.28. The minimum Gasteiger partial charge on any atom is -0.339 e. The maximum atomic E-state index is 5.36. The fraction of sp³-hybridized carbons (Fsp3) is 0.462. The largest absolute Gasteiger partial charge is 0.339 e. The van der Waals surface area contributed by atoms with Crippen molar-refractivity contribution >= 4 is 0 Å². The summed E-state index contributed by atoms with van der Waals surface area (Å²) in [4.78, 5) is 8.87. The molecule has 0 spiro atoms. The van der Waals surface area contributed by atoms with Crippen LogP contribution in [0.5, 0.6) is 0 Å². The van der Waals surface area contributed by atoms with Crippen LogP contribution in [0.3, 0.4) is 0 Å². The van der Waals surface area contributed by atoms with Crippen molar-refractivity contribution in [2.75, 3.05) is 13.1 Å². The van der Waals surface area contributed by atoms with E-state index in [2.05, 4.69) is 20.4 Å². The zero-order valence-corrected chi connectivity index (χ0v) is 10.4. The van der Waals surface area contributed by atoms with Gasteiger partial charge in [-0.05, 0) is 38.4 Å². The van der Waals surface area contributed by atoms with Crippen LogP contribution in [-0.2, 0) is 0 Å². The van der Waals surface area contributed by atoms with Gasteiger partial charge in [-0.1, -0.05) is 11.2 Å². The Morgan fingerprint density at radius 3 is 3.06 bits per heavy atom. The average molecular weight is 244 g/mol. The van der Waals surface area contributed by atoms with Crippen LogP contribution < -0.4 is 5.32 Å². The summed E-state index contributed by atoms with van der Waals surface area (Å²) >= 11 is 0. The van der Waals surface area contributed by atoms with E-state index in [4.69, 9.17) is 4.52 Å². The highest BCUT2D eigenvalue weighted by Crippen LogP contribution is 2.23. The van der Waals surface area contributed by atoms with Crippen LogP contribution in [0, 0.1) is 6.92 Å². The molecule has 18 heavy (non-hydrogen) atoms. The van der Waals surface area contributed by atoms with Crippen molar-refractivity contribution in [3.05, 3.63) is 29.8 Å². The molecule has 3 rings (SSSR count). The van der Waals surface area contributed by atoms with Crippen molar-refractivity contribution in [2.45, 2.75) is 25.7 Å². The van der Waals surface area contributed by atoms with Crippen LogP contribution in [0.25, 0.3) is 11.5 Å². The molecule has 1 aliphatic heterocycles. The highest BCUT2D eigenvalue weighted by molar-refractivity contribution is 5.48. The van der Waals surface area contributed by atoms with E-state index in [9.17, 15) is 0 Å². The Morgan fingerprint density at radius 1 is 1.33 bits per heavy atom. The molecule has 0 bridgehead atoms. The summed E-state index contributed by atoms with van der Waals surface area (Å²) in [5, 5.41) is 7.37. The second-order valence-corrected chi connectivity index (χ2v) is 4.66. The first-order valence-electron chi connectivity index (χ1n) is 6.31. The molecule has 0 unspecified atom stereocenters. The number of pyridine rings is 1.